The van der Waals surface area contributed by atoms with Gasteiger partial charge in [-0.25, -0.2) is 0 Å². The number of nitrogens with one attached hydrogen (secondary N) is 1. The van der Waals surface area contributed by atoms with Crippen molar-refractivity contribution in [2.24, 2.45) is 0 Å². The molecule has 1 N–H and O–H groups in total. The molecule has 1 aliphatic rings. The molecule has 3 rings (SSSR count). The normalized spacial score (nSPS) is 20.0. The fraction of sp³-hybridized carbons (Fsp3) is 0.294. The Morgan fingerprint density at radius 2 is 1.86 bits per heavy atom. The summed E-state index contributed by atoms with van der Waals surface area (Å²) in [5, 5.41) is 3.37. The van der Waals surface area contributed by atoms with E-state index in [0.29, 0.717) is 6.61 Å². The second-order valence-corrected chi connectivity index (χ2v) is 5.85. The first kappa shape index (κ1) is 14.6. The summed E-state index contributed by atoms with van der Waals surface area (Å²) < 4.78 is 13.1. The lowest BCUT2D eigenvalue weighted by Crippen LogP contribution is -2.43. The minimum atomic E-state index is -0.127. The second kappa shape index (κ2) is 7.07. The molecule has 4 heteroatoms. The lowest BCUT2D eigenvalue weighted by molar-refractivity contribution is -0.0434. The third-order valence-electron chi connectivity index (χ3n) is 3.51. The van der Waals surface area contributed by atoms with E-state index in [1.165, 1.54) is 0 Å². The van der Waals surface area contributed by atoms with Crippen LogP contribution >= 0.6 is 15.9 Å². The molecule has 0 aliphatic carbocycles. The van der Waals surface area contributed by atoms with Crippen LogP contribution in [-0.4, -0.2) is 25.8 Å². The second-order valence-electron chi connectivity index (χ2n) is 4.99. The minimum Gasteiger partial charge on any atom is -0.482 e. The molecule has 0 spiro atoms. The lowest BCUT2D eigenvalue weighted by Gasteiger charge is -2.31. The van der Waals surface area contributed by atoms with E-state index in [1.54, 1.807) is 0 Å². The Bertz CT molecular complexity index is 570. The first-order valence-corrected chi connectivity index (χ1v) is 7.92. The first-order valence-electron chi connectivity index (χ1n) is 7.13. The molecular formula is C17H18BrNO2. The quantitative estimate of drug-likeness (QED) is 0.920. The summed E-state index contributed by atoms with van der Waals surface area (Å²) in [5.74, 6) is 0.834. The van der Waals surface area contributed by atoms with E-state index in [4.69, 9.17) is 9.47 Å². The molecule has 1 aliphatic heterocycles. The van der Waals surface area contributed by atoms with E-state index in [1.807, 2.05) is 42.5 Å². The fourth-order valence-corrected chi connectivity index (χ4v) is 2.84. The Morgan fingerprint density at radius 1 is 1.10 bits per heavy atom. The number of hydrogen-bond acceptors (Lipinski definition) is 3. The summed E-state index contributed by atoms with van der Waals surface area (Å²) >= 11 is 3.54. The van der Waals surface area contributed by atoms with Crippen molar-refractivity contribution in [3.05, 3.63) is 64.6 Å². The number of benzene rings is 2. The highest BCUT2D eigenvalue weighted by Gasteiger charge is 2.28. The Labute approximate surface area is 133 Å². The molecule has 0 unspecified atom stereocenters. The molecule has 1 heterocycles. The van der Waals surface area contributed by atoms with Crippen LogP contribution in [0.15, 0.2) is 59.1 Å². The highest BCUT2D eigenvalue weighted by Crippen LogP contribution is 2.31. The molecule has 2 aromatic carbocycles. The zero-order valence-electron chi connectivity index (χ0n) is 11.7. The smallest absolute Gasteiger partial charge is 0.151 e. The van der Waals surface area contributed by atoms with Crippen LogP contribution in [0.2, 0.25) is 0 Å². The molecule has 3 nitrogen and oxygen atoms in total. The van der Waals surface area contributed by atoms with Crippen molar-refractivity contribution in [3.8, 4) is 5.75 Å². The van der Waals surface area contributed by atoms with Gasteiger partial charge in [-0.2, -0.15) is 0 Å². The van der Waals surface area contributed by atoms with Crippen LogP contribution in [-0.2, 0) is 4.74 Å². The molecule has 2 atom stereocenters. The fourth-order valence-electron chi connectivity index (χ4n) is 2.46. The van der Waals surface area contributed by atoms with Crippen LogP contribution in [0.25, 0.3) is 0 Å². The van der Waals surface area contributed by atoms with Gasteiger partial charge < -0.3 is 14.8 Å². The van der Waals surface area contributed by atoms with E-state index in [-0.39, 0.29) is 12.2 Å². The van der Waals surface area contributed by atoms with Crippen molar-refractivity contribution in [3.63, 3.8) is 0 Å². The largest absolute Gasteiger partial charge is 0.482 e. The lowest BCUT2D eigenvalue weighted by atomic mass is 10.0. The average molecular weight is 344 g/mol. The summed E-state index contributed by atoms with van der Waals surface area (Å²) in [6.45, 7) is 2.41. The molecule has 1 saturated heterocycles. The van der Waals surface area contributed by atoms with Gasteiger partial charge in [0, 0.05) is 13.1 Å². The van der Waals surface area contributed by atoms with Gasteiger partial charge in [0.15, 0.2) is 6.10 Å². The van der Waals surface area contributed by atoms with Gasteiger partial charge in [-0.1, -0.05) is 42.5 Å². The molecular weight excluding hydrogens is 326 g/mol. The number of morpholine rings is 1. The predicted molar refractivity (Wildman–Crippen MR) is 86.6 cm³/mol. The van der Waals surface area contributed by atoms with Gasteiger partial charge in [0.2, 0.25) is 0 Å². The Hall–Kier alpha value is -1.36. The van der Waals surface area contributed by atoms with Crippen LogP contribution in [0.5, 0.6) is 5.75 Å². The standard InChI is InChI=1S/C17H18BrNO2/c18-14-8-4-5-9-15(14)21-17(13-6-2-1-3-7-13)16-12-19-10-11-20-16/h1-9,16-17,19H,10-12H2/t16-,17-/m1/s1/i18-4. The molecule has 0 saturated carbocycles. The zero-order valence-corrected chi connectivity index (χ0v) is 13.3. The Balaban J connectivity index is 1.87. The topological polar surface area (TPSA) is 30.5 Å². The van der Waals surface area contributed by atoms with Crippen molar-refractivity contribution in [1.82, 2.24) is 5.32 Å². The zero-order chi connectivity index (χ0) is 14.5. The number of halogens is 1. The summed E-state index contributed by atoms with van der Waals surface area (Å²) in [7, 11) is 0. The molecule has 21 heavy (non-hydrogen) atoms. The van der Waals surface area contributed by atoms with Crippen molar-refractivity contribution >= 4 is 15.9 Å². The number of rotatable bonds is 4. The summed E-state index contributed by atoms with van der Waals surface area (Å²) in [4.78, 5) is 0. The summed E-state index contributed by atoms with van der Waals surface area (Å²) in [5.41, 5.74) is 1.13. The predicted octanol–water partition coefficient (Wildman–Crippen LogP) is 3.56. The van der Waals surface area contributed by atoms with Crippen LogP contribution in [0.3, 0.4) is 0 Å². The van der Waals surface area contributed by atoms with E-state index in [9.17, 15) is 0 Å². The van der Waals surface area contributed by atoms with Gasteiger partial charge in [-0.3, -0.25) is 0 Å². The molecule has 0 bridgehead atoms. The average Bonchev–Trinajstić information content (AvgIpc) is 2.56. The highest BCUT2D eigenvalue weighted by atomic mass is 75.9. The van der Waals surface area contributed by atoms with Gasteiger partial charge in [0.05, 0.1) is 11.1 Å². The Kier molecular flexibility index (Phi) is 4.91. The van der Waals surface area contributed by atoms with Crippen LogP contribution < -0.4 is 10.1 Å². The van der Waals surface area contributed by atoms with Crippen molar-refractivity contribution < 1.29 is 9.47 Å². The van der Waals surface area contributed by atoms with Gasteiger partial charge in [0.1, 0.15) is 11.9 Å². The summed E-state index contributed by atoms with van der Waals surface area (Å²) in [6.07, 6.45) is -0.119. The SMILES string of the molecule is [76Br]c1ccccc1O[C@H](c1ccccc1)[C@H]1CNCCO1. The maximum atomic E-state index is 6.26. The maximum absolute atomic E-state index is 6.26. The summed E-state index contributed by atoms with van der Waals surface area (Å²) in [6, 6.07) is 18.1. The van der Waals surface area contributed by atoms with E-state index in [2.05, 4.69) is 33.4 Å². The van der Waals surface area contributed by atoms with Crippen molar-refractivity contribution in [2.45, 2.75) is 12.2 Å². The third kappa shape index (κ3) is 3.64. The molecule has 0 amide bonds. The number of ether oxygens (including phenoxy) is 2. The highest BCUT2D eigenvalue weighted by molar-refractivity contribution is 9.10. The minimum absolute atomic E-state index is 0.00764. The van der Waals surface area contributed by atoms with Crippen molar-refractivity contribution in [1.29, 1.82) is 0 Å². The van der Waals surface area contributed by atoms with E-state index in [0.717, 1.165) is 28.9 Å². The van der Waals surface area contributed by atoms with E-state index >= 15 is 0 Å². The maximum Gasteiger partial charge on any atom is 0.151 e. The molecule has 2 aromatic rings. The van der Waals surface area contributed by atoms with Gasteiger partial charge in [0.25, 0.3) is 0 Å². The molecule has 0 radical (unpaired) electrons. The first-order chi connectivity index (χ1) is 10.3. The van der Waals surface area contributed by atoms with E-state index < -0.39 is 0 Å². The van der Waals surface area contributed by atoms with Gasteiger partial charge >= 0.3 is 0 Å². The van der Waals surface area contributed by atoms with Crippen LogP contribution in [0.1, 0.15) is 11.7 Å². The van der Waals surface area contributed by atoms with Crippen molar-refractivity contribution in [2.75, 3.05) is 19.7 Å². The number of para-hydroxylation sites is 1. The van der Waals surface area contributed by atoms with Gasteiger partial charge in [-0.05, 0) is 33.6 Å². The molecule has 1 fully saturated rings. The molecule has 0 aromatic heterocycles. The Morgan fingerprint density at radius 3 is 2.57 bits per heavy atom. The van der Waals surface area contributed by atoms with Gasteiger partial charge in [-0.15, -0.1) is 0 Å². The van der Waals surface area contributed by atoms with Crippen LogP contribution in [0.4, 0.5) is 0 Å². The van der Waals surface area contributed by atoms with Crippen LogP contribution in [0, 0.1) is 0 Å². The monoisotopic (exact) mass is 344 g/mol. The number of hydrogen-bond donors (Lipinski definition) is 1. The molecule has 110 valence electrons. The third-order valence-corrected chi connectivity index (χ3v) is 4.17.